The summed E-state index contributed by atoms with van der Waals surface area (Å²) in [6, 6.07) is 5.66. The van der Waals surface area contributed by atoms with Gasteiger partial charge in [0.1, 0.15) is 0 Å². The Labute approximate surface area is 112 Å². The van der Waals surface area contributed by atoms with Crippen molar-refractivity contribution in [2.24, 2.45) is 0 Å². The molecule has 0 saturated heterocycles. The van der Waals surface area contributed by atoms with Gasteiger partial charge < -0.3 is 20.1 Å². The molecule has 1 aromatic carbocycles. The number of ether oxygens (including phenoxy) is 2. The molecule has 0 fully saturated rings. The van der Waals surface area contributed by atoms with Crippen LogP contribution in [0.25, 0.3) is 0 Å². The second-order valence-corrected chi connectivity index (χ2v) is 4.21. The van der Waals surface area contributed by atoms with Crippen LogP contribution in [0.15, 0.2) is 30.9 Å². The zero-order valence-electron chi connectivity index (χ0n) is 10.8. The predicted octanol–water partition coefficient (Wildman–Crippen LogP) is 1.20. The minimum atomic E-state index is 0.0224. The molecule has 2 rings (SSSR count). The summed E-state index contributed by atoms with van der Waals surface area (Å²) in [5.41, 5.74) is 0.997. The normalized spacial score (nSPS) is 12.2. The van der Waals surface area contributed by atoms with Gasteiger partial charge in [-0.05, 0) is 17.7 Å². The third-order valence-corrected chi connectivity index (χ3v) is 2.74. The molecule has 1 aromatic rings. The van der Waals surface area contributed by atoms with Gasteiger partial charge in [-0.15, -0.1) is 6.58 Å². The van der Waals surface area contributed by atoms with Crippen molar-refractivity contribution >= 4 is 5.91 Å². The highest BCUT2D eigenvalue weighted by molar-refractivity contribution is 5.76. The molecule has 2 N–H and O–H groups in total. The Kier molecular flexibility index (Phi) is 4.80. The van der Waals surface area contributed by atoms with E-state index in [0.717, 1.165) is 23.6 Å². The van der Waals surface area contributed by atoms with Gasteiger partial charge in [-0.3, -0.25) is 4.79 Å². The molecule has 1 aliphatic heterocycles. The lowest BCUT2D eigenvalue weighted by Gasteiger charge is -2.06. The highest BCUT2D eigenvalue weighted by Crippen LogP contribution is 2.32. The van der Waals surface area contributed by atoms with Crippen LogP contribution in [0.2, 0.25) is 0 Å². The molecule has 5 nitrogen and oxygen atoms in total. The molecule has 19 heavy (non-hydrogen) atoms. The second kappa shape index (κ2) is 6.80. The fraction of sp³-hybridized carbons (Fsp3) is 0.357. The van der Waals surface area contributed by atoms with E-state index < -0.39 is 0 Å². The SMILES string of the molecule is C=CCNCCC(=O)NCc1ccc2c(c1)OCO2. The molecule has 1 amide bonds. The summed E-state index contributed by atoms with van der Waals surface area (Å²) in [7, 11) is 0. The largest absolute Gasteiger partial charge is 0.454 e. The molecule has 0 unspecified atom stereocenters. The molecule has 102 valence electrons. The Morgan fingerprint density at radius 2 is 2.21 bits per heavy atom. The number of carbonyl (C=O) groups is 1. The summed E-state index contributed by atoms with van der Waals surface area (Å²) in [6.45, 7) is 5.73. The molecule has 1 heterocycles. The molecule has 5 heteroatoms. The summed E-state index contributed by atoms with van der Waals surface area (Å²) in [4.78, 5) is 11.6. The monoisotopic (exact) mass is 262 g/mol. The lowest BCUT2D eigenvalue weighted by Crippen LogP contribution is -2.27. The summed E-state index contributed by atoms with van der Waals surface area (Å²) < 4.78 is 10.5. The molecule has 0 atom stereocenters. The first-order chi connectivity index (χ1) is 9.29. The van der Waals surface area contributed by atoms with Gasteiger partial charge in [-0.1, -0.05) is 12.1 Å². The standard InChI is InChI=1S/C14H18N2O3/c1-2-6-15-7-5-14(17)16-9-11-3-4-12-13(8-11)19-10-18-12/h2-4,8,15H,1,5-7,9-10H2,(H,16,17). The van der Waals surface area contributed by atoms with E-state index in [2.05, 4.69) is 17.2 Å². The average molecular weight is 262 g/mol. The van der Waals surface area contributed by atoms with Gasteiger partial charge in [0.05, 0.1) is 0 Å². The molecular formula is C14H18N2O3. The molecule has 0 radical (unpaired) electrons. The lowest BCUT2D eigenvalue weighted by molar-refractivity contribution is -0.121. The fourth-order valence-corrected chi connectivity index (χ4v) is 1.75. The number of hydrogen-bond donors (Lipinski definition) is 2. The average Bonchev–Trinajstić information content (AvgIpc) is 2.89. The van der Waals surface area contributed by atoms with Crippen molar-refractivity contribution in [1.29, 1.82) is 0 Å². The Balaban J connectivity index is 1.73. The topological polar surface area (TPSA) is 59.6 Å². The van der Waals surface area contributed by atoms with Crippen LogP contribution in [0, 0.1) is 0 Å². The van der Waals surface area contributed by atoms with Gasteiger partial charge in [0.2, 0.25) is 12.7 Å². The van der Waals surface area contributed by atoms with Crippen LogP contribution in [0.1, 0.15) is 12.0 Å². The quantitative estimate of drug-likeness (QED) is 0.572. The smallest absolute Gasteiger partial charge is 0.231 e. The molecular weight excluding hydrogens is 244 g/mol. The maximum Gasteiger partial charge on any atom is 0.231 e. The number of nitrogens with one attached hydrogen (secondary N) is 2. The number of fused-ring (bicyclic) bond motifs is 1. The van der Waals surface area contributed by atoms with Crippen molar-refractivity contribution in [2.75, 3.05) is 19.9 Å². The number of hydrogen-bond acceptors (Lipinski definition) is 4. The Morgan fingerprint density at radius 3 is 3.05 bits per heavy atom. The number of amides is 1. The van der Waals surface area contributed by atoms with E-state index in [1.807, 2.05) is 18.2 Å². The molecule has 0 spiro atoms. The van der Waals surface area contributed by atoms with E-state index in [9.17, 15) is 4.79 Å². The van der Waals surface area contributed by atoms with Gasteiger partial charge in [0, 0.05) is 26.1 Å². The molecule has 0 saturated carbocycles. The predicted molar refractivity (Wildman–Crippen MR) is 72.1 cm³/mol. The van der Waals surface area contributed by atoms with Crippen molar-refractivity contribution in [3.05, 3.63) is 36.4 Å². The fourth-order valence-electron chi connectivity index (χ4n) is 1.75. The van der Waals surface area contributed by atoms with Crippen LogP contribution in [-0.2, 0) is 11.3 Å². The highest BCUT2D eigenvalue weighted by atomic mass is 16.7. The van der Waals surface area contributed by atoms with Crippen LogP contribution in [-0.4, -0.2) is 25.8 Å². The van der Waals surface area contributed by atoms with Gasteiger partial charge >= 0.3 is 0 Å². The Bertz CT molecular complexity index is 460. The van der Waals surface area contributed by atoms with Crippen LogP contribution < -0.4 is 20.1 Å². The van der Waals surface area contributed by atoms with Crippen molar-refractivity contribution in [2.45, 2.75) is 13.0 Å². The van der Waals surface area contributed by atoms with E-state index in [4.69, 9.17) is 9.47 Å². The van der Waals surface area contributed by atoms with E-state index in [1.165, 1.54) is 0 Å². The van der Waals surface area contributed by atoms with Crippen LogP contribution >= 0.6 is 0 Å². The van der Waals surface area contributed by atoms with Gasteiger partial charge in [-0.25, -0.2) is 0 Å². The Morgan fingerprint density at radius 1 is 1.37 bits per heavy atom. The van der Waals surface area contributed by atoms with Crippen LogP contribution in [0.3, 0.4) is 0 Å². The van der Waals surface area contributed by atoms with E-state index >= 15 is 0 Å². The number of carbonyl (C=O) groups excluding carboxylic acids is 1. The van der Waals surface area contributed by atoms with E-state index in [-0.39, 0.29) is 12.7 Å². The lowest BCUT2D eigenvalue weighted by atomic mass is 10.2. The first kappa shape index (κ1) is 13.4. The zero-order valence-corrected chi connectivity index (χ0v) is 10.8. The van der Waals surface area contributed by atoms with Crippen molar-refractivity contribution in [3.8, 4) is 11.5 Å². The summed E-state index contributed by atoms with van der Waals surface area (Å²) >= 11 is 0. The summed E-state index contributed by atoms with van der Waals surface area (Å²) in [6.07, 6.45) is 2.23. The van der Waals surface area contributed by atoms with Crippen LogP contribution in [0.5, 0.6) is 11.5 Å². The minimum absolute atomic E-state index is 0.0224. The number of rotatable bonds is 7. The summed E-state index contributed by atoms with van der Waals surface area (Å²) in [5.74, 6) is 1.51. The zero-order chi connectivity index (χ0) is 13.5. The van der Waals surface area contributed by atoms with Crippen LogP contribution in [0.4, 0.5) is 0 Å². The molecule has 0 bridgehead atoms. The van der Waals surface area contributed by atoms with Gasteiger partial charge in [-0.2, -0.15) is 0 Å². The second-order valence-electron chi connectivity index (χ2n) is 4.21. The first-order valence-corrected chi connectivity index (χ1v) is 6.26. The third-order valence-electron chi connectivity index (χ3n) is 2.74. The minimum Gasteiger partial charge on any atom is -0.454 e. The van der Waals surface area contributed by atoms with Crippen molar-refractivity contribution in [1.82, 2.24) is 10.6 Å². The molecule has 1 aliphatic rings. The molecule has 0 aliphatic carbocycles. The maximum atomic E-state index is 11.6. The van der Waals surface area contributed by atoms with Gasteiger partial charge in [0.15, 0.2) is 11.5 Å². The highest BCUT2D eigenvalue weighted by Gasteiger charge is 2.13. The number of benzene rings is 1. The van der Waals surface area contributed by atoms with E-state index in [0.29, 0.717) is 19.5 Å². The maximum absolute atomic E-state index is 11.6. The van der Waals surface area contributed by atoms with Gasteiger partial charge in [0.25, 0.3) is 0 Å². The van der Waals surface area contributed by atoms with Crippen molar-refractivity contribution < 1.29 is 14.3 Å². The van der Waals surface area contributed by atoms with E-state index in [1.54, 1.807) is 6.08 Å². The third kappa shape index (κ3) is 3.99. The Hall–Kier alpha value is -2.01. The van der Waals surface area contributed by atoms with Crippen molar-refractivity contribution in [3.63, 3.8) is 0 Å². The first-order valence-electron chi connectivity index (χ1n) is 6.26. The summed E-state index contributed by atoms with van der Waals surface area (Å²) in [5, 5.41) is 5.95. The molecule has 0 aromatic heterocycles.